The minimum Gasteiger partial charge on any atom is -0.497 e. The number of hydrogen-bond donors (Lipinski definition) is 3. The van der Waals surface area contributed by atoms with Crippen molar-refractivity contribution in [3.05, 3.63) is 53.7 Å². The predicted octanol–water partition coefficient (Wildman–Crippen LogP) is 5.74. The van der Waals surface area contributed by atoms with Gasteiger partial charge in [-0.15, -0.1) is 0 Å². The minimum atomic E-state index is -0.311. The lowest BCUT2D eigenvalue weighted by molar-refractivity contribution is 0.262. The maximum absolute atomic E-state index is 12.8. The number of ether oxygens (including phenoxy) is 2. The van der Waals surface area contributed by atoms with Gasteiger partial charge in [0.2, 0.25) is 0 Å². The van der Waals surface area contributed by atoms with Gasteiger partial charge in [0.1, 0.15) is 17.2 Å². The summed E-state index contributed by atoms with van der Waals surface area (Å²) in [5, 5.41) is 13.6. The Balaban J connectivity index is 1.61. The molecule has 1 aliphatic carbocycles. The summed E-state index contributed by atoms with van der Waals surface area (Å²) in [7, 11) is 3.21. The first-order chi connectivity index (χ1) is 15.0. The van der Waals surface area contributed by atoms with Crippen molar-refractivity contribution in [2.45, 2.75) is 38.5 Å². The van der Waals surface area contributed by atoms with Crippen LogP contribution in [0.2, 0.25) is 0 Å². The number of H-pyrrole nitrogens is 1. The lowest BCUT2D eigenvalue weighted by Gasteiger charge is -2.13. The third-order valence-corrected chi connectivity index (χ3v) is 5.52. The fraction of sp³-hybridized carbons (Fsp3) is 0.333. The normalized spacial score (nSPS) is 13.2. The van der Waals surface area contributed by atoms with E-state index in [1.807, 2.05) is 36.4 Å². The van der Waals surface area contributed by atoms with Crippen LogP contribution in [0, 0.1) is 0 Å². The van der Waals surface area contributed by atoms with Crippen molar-refractivity contribution in [1.29, 1.82) is 0 Å². The summed E-state index contributed by atoms with van der Waals surface area (Å²) in [6, 6.07) is 13.1. The SMILES string of the molecule is COc1ccc(-c2n[nH]c(C3CC3)c2NC(=O)Nc2ccc(C(C)C)cc2)c(OC)c1. The molecule has 1 aliphatic rings. The molecule has 1 aromatic heterocycles. The summed E-state index contributed by atoms with van der Waals surface area (Å²) < 4.78 is 10.8. The zero-order valence-electron chi connectivity index (χ0n) is 18.3. The van der Waals surface area contributed by atoms with Gasteiger partial charge in [-0.1, -0.05) is 26.0 Å². The lowest BCUT2D eigenvalue weighted by Crippen LogP contribution is -2.20. The van der Waals surface area contributed by atoms with Gasteiger partial charge in [0.05, 0.1) is 25.6 Å². The van der Waals surface area contributed by atoms with E-state index in [0.717, 1.165) is 29.8 Å². The van der Waals surface area contributed by atoms with Crippen LogP contribution in [0.1, 0.15) is 49.8 Å². The van der Waals surface area contributed by atoms with E-state index in [0.29, 0.717) is 34.7 Å². The number of benzene rings is 2. The molecular formula is C24H28N4O3. The molecule has 2 amide bonds. The topological polar surface area (TPSA) is 88.3 Å². The Labute approximate surface area is 182 Å². The zero-order chi connectivity index (χ0) is 22.0. The van der Waals surface area contributed by atoms with Crippen LogP contribution in [0.25, 0.3) is 11.3 Å². The summed E-state index contributed by atoms with van der Waals surface area (Å²) >= 11 is 0. The molecule has 4 rings (SSSR count). The lowest BCUT2D eigenvalue weighted by atomic mass is 10.0. The molecule has 31 heavy (non-hydrogen) atoms. The summed E-state index contributed by atoms with van der Waals surface area (Å²) in [6.45, 7) is 4.28. The fourth-order valence-electron chi connectivity index (χ4n) is 3.57. The predicted molar refractivity (Wildman–Crippen MR) is 122 cm³/mol. The summed E-state index contributed by atoms with van der Waals surface area (Å²) in [5.74, 6) is 2.14. The quantitative estimate of drug-likeness (QED) is 0.455. The Kier molecular flexibility index (Phi) is 5.84. The van der Waals surface area contributed by atoms with Gasteiger partial charge in [0.15, 0.2) is 0 Å². The second kappa shape index (κ2) is 8.71. The second-order valence-electron chi connectivity index (χ2n) is 8.06. The number of nitrogens with zero attached hydrogens (tertiary/aromatic N) is 1. The Bertz CT molecular complexity index is 1070. The highest BCUT2D eigenvalue weighted by Crippen LogP contribution is 2.46. The van der Waals surface area contributed by atoms with E-state index in [9.17, 15) is 4.79 Å². The van der Waals surface area contributed by atoms with Gasteiger partial charge < -0.3 is 20.1 Å². The van der Waals surface area contributed by atoms with Crippen molar-refractivity contribution < 1.29 is 14.3 Å². The molecule has 2 aromatic carbocycles. The molecule has 0 unspecified atom stereocenters. The number of carbonyl (C=O) groups excluding carboxylic acids is 1. The number of aromatic amines is 1. The molecule has 0 bridgehead atoms. The van der Waals surface area contributed by atoms with Gasteiger partial charge in [-0.3, -0.25) is 5.10 Å². The number of anilines is 2. The monoisotopic (exact) mass is 420 g/mol. The van der Waals surface area contributed by atoms with E-state index in [4.69, 9.17) is 9.47 Å². The van der Waals surface area contributed by atoms with Gasteiger partial charge in [-0.25, -0.2) is 4.79 Å². The first-order valence-electron chi connectivity index (χ1n) is 10.5. The number of nitrogens with one attached hydrogen (secondary N) is 3. The second-order valence-corrected chi connectivity index (χ2v) is 8.06. The molecule has 1 fully saturated rings. The Hall–Kier alpha value is -3.48. The van der Waals surface area contributed by atoms with Crippen LogP contribution < -0.4 is 20.1 Å². The van der Waals surface area contributed by atoms with Crippen molar-refractivity contribution in [2.75, 3.05) is 24.9 Å². The van der Waals surface area contributed by atoms with Crippen molar-refractivity contribution in [1.82, 2.24) is 10.2 Å². The molecule has 1 saturated carbocycles. The molecule has 7 nitrogen and oxygen atoms in total. The van der Waals surface area contributed by atoms with Crippen molar-refractivity contribution in [2.24, 2.45) is 0 Å². The largest absolute Gasteiger partial charge is 0.497 e. The van der Waals surface area contributed by atoms with Crippen LogP contribution in [0.15, 0.2) is 42.5 Å². The summed E-state index contributed by atoms with van der Waals surface area (Å²) in [6.07, 6.45) is 2.16. The molecule has 3 aromatic rings. The van der Waals surface area contributed by atoms with E-state index in [1.165, 1.54) is 5.56 Å². The third kappa shape index (κ3) is 4.50. The van der Waals surface area contributed by atoms with Gasteiger partial charge in [-0.05, 0) is 48.6 Å². The van der Waals surface area contributed by atoms with Crippen molar-refractivity contribution in [3.8, 4) is 22.8 Å². The number of hydrogen-bond acceptors (Lipinski definition) is 4. The summed E-state index contributed by atoms with van der Waals surface area (Å²) in [4.78, 5) is 12.8. The molecule has 162 valence electrons. The first-order valence-corrected chi connectivity index (χ1v) is 10.5. The fourth-order valence-corrected chi connectivity index (χ4v) is 3.57. The van der Waals surface area contributed by atoms with Crippen molar-refractivity contribution >= 4 is 17.4 Å². The highest BCUT2D eigenvalue weighted by Gasteiger charge is 2.31. The Morgan fingerprint density at radius 1 is 1.06 bits per heavy atom. The van der Waals surface area contributed by atoms with Gasteiger partial charge in [-0.2, -0.15) is 5.10 Å². The van der Waals surface area contributed by atoms with E-state index in [-0.39, 0.29) is 6.03 Å². The molecule has 0 aliphatic heterocycles. The number of amides is 2. The van der Waals surface area contributed by atoms with Gasteiger partial charge in [0, 0.05) is 23.2 Å². The van der Waals surface area contributed by atoms with Crippen LogP contribution >= 0.6 is 0 Å². The Morgan fingerprint density at radius 3 is 2.42 bits per heavy atom. The molecule has 0 radical (unpaired) electrons. The number of urea groups is 1. The average molecular weight is 421 g/mol. The smallest absolute Gasteiger partial charge is 0.323 e. The number of methoxy groups -OCH3 is 2. The first kappa shape index (κ1) is 20.8. The van der Waals surface area contributed by atoms with E-state index in [1.54, 1.807) is 20.3 Å². The molecule has 3 N–H and O–H groups in total. The number of carbonyl (C=O) groups is 1. The van der Waals surface area contributed by atoms with E-state index < -0.39 is 0 Å². The van der Waals surface area contributed by atoms with Gasteiger partial charge in [0.25, 0.3) is 0 Å². The standard InChI is InChI=1S/C24H28N4O3/c1-14(2)15-7-9-17(10-8-15)25-24(29)26-23-21(16-5-6-16)27-28-22(23)19-12-11-18(30-3)13-20(19)31-4/h7-14,16H,5-6H2,1-4H3,(H,27,28)(H2,25,26,29). The minimum absolute atomic E-state index is 0.311. The van der Waals surface area contributed by atoms with Crippen molar-refractivity contribution in [3.63, 3.8) is 0 Å². The van der Waals surface area contributed by atoms with E-state index >= 15 is 0 Å². The maximum atomic E-state index is 12.8. The van der Waals surface area contributed by atoms with Crippen LogP contribution in [-0.4, -0.2) is 30.4 Å². The number of aromatic nitrogens is 2. The third-order valence-electron chi connectivity index (χ3n) is 5.52. The zero-order valence-corrected chi connectivity index (χ0v) is 18.3. The highest BCUT2D eigenvalue weighted by atomic mass is 16.5. The van der Waals surface area contributed by atoms with Crippen LogP contribution in [0.3, 0.4) is 0 Å². The van der Waals surface area contributed by atoms with Crippen LogP contribution in [-0.2, 0) is 0 Å². The molecule has 1 heterocycles. The molecule has 0 atom stereocenters. The number of rotatable bonds is 7. The molecule has 7 heteroatoms. The average Bonchev–Trinajstić information content (AvgIpc) is 3.54. The highest BCUT2D eigenvalue weighted by molar-refractivity contribution is 6.03. The van der Waals surface area contributed by atoms with E-state index in [2.05, 4.69) is 34.7 Å². The molecule has 0 saturated heterocycles. The maximum Gasteiger partial charge on any atom is 0.323 e. The molecule has 0 spiro atoms. The Morgan fingerprint density at radius 2 is 1.81 bits per heavy atom. The van der Waals surface area contributed by atoms with Gasteiger partial charge >= 0.3 is 6.03 Å². The molecular weight excluding hydrogens is 392 g/mol. The van der Waals surface area contributed by atoms with Crippen LogP contribution in [0.4, 0.5) is 16.2 Å². The van der Waals surface area contributed by atoms with Crippen LogP contribution in [0.5, 0.6) is 11.5 Å². The summed E-state index contributed by atoms with van der Waals surface area (Å²) in [5.41, 5.74) is 5.02.